The number of aromatic nitrogens is 1. The molecule has 1 heterocycles. The van der Waals surface area contributed by atoms with Gasteiger partial charge in [0.2, 0.25) is 0 Å². The van der Waals surface area contributed by atoms with E-state index in [4.69, 9.17) is 4.74 Å². The Kier molecular flexibility index (Phi) is 4.76. The molecule has 0 aliphatic rings. The molecule has 1 aromatic heterocycles. The molecule has 1 amide bonds. The smallest absolute Gasteiger partial charge is 0.251 e. The highest BCUT2D eigenvalue weighted by molar-refractivity contribution is 7.16. The Morgan fingerprint density at radius 2 is 2.17 bits per heavy atom. The van der Waals surface area contributed by atoms with Gasteiger partial charge in [-0.15, -0.1) is 11.3 Å². The predicted octanol–water partition coefficient (Wildman–Crippen LogP) is 3.81. The molecule has 0 aliphatic carbocycles. The highest BCUT2D eigenvalue weighted by atomic mass is 32.1. The summed E-state index contributed by atoms with van der Waals surface area (Å²) >= 11 is 1.50. The van der Waals surface area contributed by atoms with Crippen molar-refractivity contribution in [3.8, 4) is 5.75 Å². The van der Waals surface area contributed by atoms with Crippen LogP contribution in [-0.2, 0) is 6.42 Å². The molecule has 1 unspecified atom stereocenters. The summed E-state index contributed by atoms with van der Waals surface area (Å²) in [5.41, 5.74) is 4.01. The summed E-state index contributed by atoms with van der Waals surface area (Å²) in [6, 6.07) is 9.85. The Morgan fingerprint density at radius 1 is 1.33 bits per heavy atom. The van der Waals surface area contributed by atoms with Gasteiger partial charge in [0.15, 0.2) is 0 Å². The van der Waals surface area contributed by atoms with Crippen molar-refractivity contribution in [1.29, 1.82) is 0 Å². The molecule has 0 saturated carbocycles. The van der Waals surface area contributed by atoms with Crippen molar-refractivity contribution < 1.29 is 13.9 Å². The maximum Gasteiger partial charge on any atom is 0.251 e. The number of hydrogen-bond donors (Lipinski definition) is 1. The third-order valence-electron chi connectivity index (χ3n) is 3.68. The fraction of sp³-hybridized carbons (Fsp3) is 0.222. The molecular weight excluding hydrogens is 327 g/mol. The molecule has 2 aromatic carbocycles. The number of halogens is 1. The van der Waals surface area contributed by atoms with E-state index in [9.17, 15) is 9.18 Å². The number of benzene rings is 2. The number of nitrogens with zero attached hydrogens (tertiary/aromatic N) is 1. The van der Waals surface area contributed by atoms with Gasteiger partial charge in [-0.1, -0.05) is 0 Å². The highest BCUT2D eigenvalue weighted by Crippen LogP contribution is 2.20. The average molecular weight is 344 g/mol. The van der Waals surface area contributed by atoms with Gasteiger partial charge in [-0.25, -0.2) is 9.37 Å². The lowest BCUT2D eigenvalue weighted by Gasteiger charge is -2.15. The standard InChI is InChI=1S/C18H17FN2O2S/c1-11(5-12-6-14(19)9-15(7-12)23-2)21-18(22)13-3-4-16-17(8-13)24-10-20-16/h3-4,6-11H,5H2,1-2H3,(H,21,22). The Balaban J connectivity index is 1.68. The first-order chi connectivity index (χ1) is 11.5. The number of fused-ring (bicyclic) bond motifs is 1. The topological polar surface area (TPSA) is 51.2 Å². The van der Waals surface area contributed by atoms with E-state index in [1.165, 1.54) is 30.6 Å². The number of carbonyl (C=O) groups is 1. The summed E-state index contributed by atoms with van der Waals surface area (Å²) in [6.45, 7) is 1.89. The summed E-state index contributed by atoms with van der Waals surface area (Å²) in [6.07, 6.45) is 0.517. The van der Waals surface area contributed by atoms with E-state index in [-0.39, 0.29) is 17.8 Å². The number of methoxy groups -OCH3 is 1. The van der Waals surface area contributed by atoms with Gasteiger partial charge in [0.1, 0.15) is 11.6 Å². The lowest BCUT2D eigenvalue weighted by Crippen LogP contribution is -2.34. The van der Waals surface area contributed by atoms with Gasteiger partial charge < -0.3 is 10.1 Å². The Labute approximate surface area is 143 Å². The largest absolute Gasteiger partial charge is 0.497 e. The summed E-state index contributed by atoms with van der Waals surface area (Å²) in [5.74, 6) is -0.0288. The SMILES string of the molecule is COc1cc(F)cc(CC(C)NC(=O)c2ccc3ncsc3c2)c1. The predicted molar refractivity (Wildman–Crippen MR) is 93.2 cm³/mol. The molecule has 4 nitrogen and oxygen atoms in total. The van der Waals surface area contributed by atoms with E-state index >= 15 is 0 Å². The summed E-state index contributed by atoms with van der Waals surface area (Å²) in [7, 11) is 1.50. The van der Waals surface area contributed by atoms with Crippen LogP contribution >= 0.6 is 11.3 Å². The normalized spacial score (nSPS) is 12.1. The second kappa shape index (κ2) is 6.97. The molecule has 124 valence electrons. The average Bonchev–Trinajstić information content (AvgIpc) is 3.01. The van der Waals surface area contributed by atoms with E-state index in [2.05, 4.69) is 10.3 Å². The van der Waals surface area contributed by atoms with Crippen LogP contribution in [0, 0.1) is 5.82 Å². The molecule has 0 fully saturated rings. The molecule has 0 spiro atoms. The fourth-order valence-corrected chi connectivity index (χ4v) is 3.28. The second-order valence-corrected chi connectivity index (χ2v) is 6.50. The quantitative estimate of drug-likeness (QED) is 0.766. The number of amides is 1. The molecule has 1 N–H and O–H groups in total. The van der Waals surface area contributed by atoms with E-state index in [0.29, 0.717) is 17.7 Å². The highest BCUT2D eigenvalue weighted by Gasteiger charge is 2.12. The molecule has 24 heavy (non-hydrogen) atoms. The second-order valence-electron chi connectivity index (χ2n) is 5.61. The third kappa shape index (κ3) is 3.71. The Hall–Kier alpha value is -2.47. The number of ether oxygens (including phenoxy) is 1. The molecule has 3 rings (SSSR count). The molecule has 0 aliphatic heterocycles. The van der Waals surface area contributed by atoms with Crippen LogP contribution in [-0.4, -0.2) is 24.0 Å². The first-order valence-electron chi connectivity index (χ1n) is 7.53. The first kappa shape index (κ1) is 16.4. The van der Waals surface area contributed by atoms with Crippen molar-refractivity contribution in [2.75, 3.05) is 7.11 Å². The molecule has 6 heteroatoms. The number of rotatable bonds is 5. The molecule has 0 saturated heterocycles. The van der Waals surface area contributed by atoms with Crippen molar-refractivity contribution in [2.24, 2.45) is 0 Å². The van der Waals surface area contributed by atoms with Crippen molar-refractivity contribution in [1.82, 2.24) is 10.3 Å². The van der Waals surface area contributed by atoms with Crippen molar-refractivity contribution in [2.45, 2.75) is 19.4 Å². The zero-order chi connectivity index (χ0) is 17.1. The van der Waals surface area contributed by atoms with Crippen LogP contribution in [0.3, 0.4) is 0 Å². The lowest BCUT2D eigenvalue weighted by atomic mass is 10.1. The molecule has 0 bridgehead atoms. The monoisotopic (exact) mass is 344 g/mol. The summed E-state index contributed by atoms with van der Waals surface area (Å²) < 4.78 is 19.6. The summed E-state index contributed by atoms with van der Waals surface area (Å²) in [5, 5.41) is 2.94. The van der Waals surface area contributed by atoms with Gasteiger partial charge in [-0.3, -0.25) is 4.79 Å². The van der Waals surface area contributed by atoms with Crippen LogP contribution in [0.2, 0.25) is 0 Å². The number of carbonyl (C=O) groups excluding carboxylic acids is 1. The lowest BCUT2D eigenvalue weighted by molar-refractivity contribution is 0.0940. The molecular formula is C18H17FN2O2S. The minimum absolute atomic E-state index is 0.138. The summed E-state index contributed by atoms with van der Waals surface area (Å²) in [4.78, 5) is 16.6. The van der Waals surface area contributed by atoms with Crippen LogP contribution in [0.4, 0.5) is 4.39 Å². The minimum Gasteiger partial charge on any atom is -0.497 e. The minimum atomic E-state index is -0.349. The van der Waals surface area contributed by atoms with E-state index in [1.807, 2.05) is 19.1 Å². The fourth-order valence-electron chi connectivity index (χ4n) is 2.56. The third-order valence-corrected chi connectivity index (χ3v) is 4.47. The van der Waals surface area contributed by atoms with Crippen molar-refractivity contribution >= 4 is 27.5 Å². The van der Waals surface area contributed by atoms with E-state index < -0.39 is 0 Å². The number of hydrogen-bond acceptors (Lipinski definition) is 4. The van der Waals surface area contributed by atoms with Crippen LogP contribution in [0.5, 0.6) is 5.75 Å². The van der Waals surface area contributed by atoms with Gasteiger partial charge in [-0.05, 0) is 49.2 Å². The van der Waals surface area contributed by atoms with Gasteiger partial charge in [0, 0.05) is 17.7 Å². The molecule has 0 radical (unpaired) electrons. The van der Waals surface area contributed by atoms with Gasteiger partial charge in [-0.2, -0.15) is 0 Å². The zero-order valence-corrected chi connectivity index (χ0v) is 14.2. The van der Waals surface area contributed by atoms with Crippen LogP contribution in [0.15, 0.2) is 41.9 Å². The van der Waals surface area contributed by atoms with Gasteiger partial charge in [0.25, 0.3) is 5.91 Å². The molecule has 3 aromatic rings. The van der Waals surface area contributed by atoms with E-state index in [0.717, 1.165) is 15.8 Å². The maximum atomic E-state index is 13.5. The first-order valence-corrected chi connectivity index (χ1v) is 8.40. The molecule has 1 atom stereocenters. The van der Waals surface area contributed by atoms with Crippen LogP contribution < -0.4 is 10.1 Å². The zero-order valence-electron chi connectivity index (χ0n) is 13.4. The van der Waals surface area contributed by atoms with Crippen LogP contribution in [0.25, 0.3) is 10.2 Å². The van der Waals surface area contributed by atoms with Gasteiger partial charge in [0.05, 0.1) is 22.8 Å². The van der Waals surface area contributed by atoms with Gasteiger partial charge >= 0.3 is 0 Å². The van der Waals surface area contributed by atoms with Crippen molar-refractivity contribution in [3.05, 3.63) is 58.9 Å². The van der Waals surface area contributed by atoms with Crippen LogP contribution in [0.1, 0.15) is 22.8 Å². The van der Waals surface area contributed by atoms with Crippen molar-refractivity contribution in [3.63, 3.8) is 0 Å². The Morgan fingerprint density at radius 3 is 2.96 bits per heavy atom. The maximum absolute atomic E-state index is 13.5. The Bertz CT molecular complexity index is 878. The number of nitrogens with one attached hydrogen (secondary N) is 1. The number of thiazole rings is 1. The van der Waals surface area contributed by atoms with E-state index in [1.54, 1.807) is 17.6 Å².